The van der Waals surface area contributed by atoms with Crippen molar-refractivity contribution in [3.05, 3.63) is 39.4 Å². The van der Waals surface area contributed by atoms with Gasteiger partial charge in [-0.15, -0.1) is 0 Å². The Balaban J connectivity index is 2.00. The number of aliphatic hydroxyl groups is 1. The minimum Gasteiger partial charge on any atom is -0.477 e. The third-order valence-corrected chi connectivity index (χ3v) is 5.65. The molecule has 1 aromatic carbocycles. The van der Waals surface area contributed by atoms with Crippen LogP contribution in [0, 0.1) is 5.82 Å². The normalized spacial score (nSPS) is 20.6. The summed E-state index contributed by atoms with van der Waals surface area (Å²) in [5, 5.41) is 19.3. The molecule has 1 atom stereocenters. The standard InChI is InChI=1S/C19H21FN2O4/c1-10-2-3-12-16(20)15(21-6-4-11(23)5-7-21)8-13-17(12)22(10)9-14(18(13)24)19(25)26/h8-11,23H,2-7H2,1H3,(H,25,26). The average Bonchev–Trinajstić information content (AvgIpc) is 2.61. The van der Waals surface area contributed by atoms with E-state index in [-0.39, 0.29) is 28.9 Å². The first kappa shape index (κ1) is 17.0. The number of aliphatic hydroxyl groups excluding tert-OH is 1. The molecule has 0 bridgehead atoms. The van der Waals surface area contributed by atoms with Gasteiger partial charge in [-0.05, 0) is 38.7 Å². The van der Waals surface area contributed by atoms with Crippen LogP contribution in [0.1, 0.15) is 48.1 Å². The highest BCUT2D eigenvalue weighted by molar-refractivity contribution is 5.95. The molecule has 0 spiro atoms. The Morgan fingerprint density at radius 2 is 1.96 bits per heavy atom. The molecule has 1 unspecified atom stereocenters. The Morgan fingerprint density at radius 1 is 1.27 bits per heavy atom. The zero-order valence-corrected chi connectivity index (χ0v) is 14.5. The number of carbonyl (C=O) groups is 1. The Bertz CT molecular complexity index is 960. The van der Waals surface area contributed by atoms with Crippen molar-refractivity contribution in [2.45, 2.75) is 44.8 Å². The Kier molecular flexibility index (Phi) is 3.99. The van der Waals surface area contributed by atoms with Gasteiger partial charge in [0.15, 0.2) is 5.82 Å². The minimum atomic E-state index is -1.27. The predicted molar refractivity (Wildman–Crippen MR) is 95.6 cm³/mol. The van der Waals surface area contributed by atoms with Crippen LogP contribution in [0.5, 0.6) is 0 Å². The minimum absolute atomic E-state index is 0.000848. The second kappa shape index (κ2) is 6.09. The lowest BCUT2D eigenvalue weighted by Gasteiger charge is -2.34. The number of aromatic carboxylic acids is 1. The van der Waals surface area contributed by atoms with Gasteiger partial charge in [0.05, 0.1) is 17.3 Å². The number of rotatable bonds is 2. The quantitative estimate of drug-likeness (QED) is 0.859. The zero-order valence-electron chi connectivity index (χ0n) is 14.5. The van der Waals surface area contributed by atoms with Gasteiger partial charge >= 0.3 is 5.97 Å². The topological polar surface area (TPSA) is 82.8 Å². The van der Waals surface area contributed by atoms with E-state index in [0.29, 0.717) is 55.5 Å². The number of anilines is 1. The van der Waals surface area contributed by atoms with Crippen LogP contribution in [0.3, 0.4) is 0 Å². The maximum atomic E-state index is 15.3. The molecule has 6 nitrogen and oxygen atoms in total. The van der Waals surface area contributed by atoms with Crippen LogP contribution in [0.15, 0.2) is 17.1 Å². The van der Waals surface area contributed by atoms with Gasteiger partial charge in [-0.3, -0.25) is 4.79 Å². The maximum Gasteiger partial charge on any atom is 0.341 e. The number of hydrogen-bond donors (Lipinski definition) is 2. The van der Waals surface area contributed by atoms with Crippen LogP contribution in [0.2, 0.25) is 0 Å². The summed E-state index contributed by atoms with van der Waals surface area (Å²) in [5.74, 6) is -1.61. The van der Waals surface area contributed by atoms with E-state index in [2.05, 4.69) is 0 Å². The number of halogens is 1. The summed E-state index contributed by atoms with van der Waals surface area (Å²) in [4.78, 5) is 26.1. The van der Waals surface area contributed by atoms with E-state index in [1.807, 2.05) is 11.8 Å². The van der Waals surface area contributed by atoms with Gasteiger partial charge in [-0.1, -0.05) is 0 Å². The number of pyridine rings is 1. The fraction of sp³-hybridized carbons (Fsp3) is 0.474. The molecular weight excluding hydrogens is 339 g/mol. The smallest absolute Gasteiger partial charge is 0.341 e. The van der Waals surface area contributed by atoms with Crippen LogP contribution < -0.4 is 10.3 Å². The first-order valence-electron chi connectivity index (χ1n) is 8.95. The Morgan fingerprint density at radius 3 is 2.62 bits per heavy atom. The molecule has 0 aliphatic carbocycles. The van der Waals surface area contributed by atoms with Crippen LogP contribution in [-0.4, -0.2) is 39.9 Å². The first-order chi connectivity index (χ1) is 12.4. The molecule has 2 aliphatic rings. The van der Waals surface area contributed by atoms with Crippen molar-refractivity contribution >= 4 is 22.6 Å². The number of benzene rings is 1. The summed E-state index contributed by atoms with van der Waals surface area (Å²) in [6.07, 6.45) is 3.25. The second-order valence-corrected chi connectivity index (χ2v) is 7.27. The predicted octanol–water partition coefficient (Wildman–Crippen LogP) is 2.31. The van der Waals surface area contributed by atoms with E-state index in [1.54, 1.807) is 4.57 Å². The van der Waals surface area contributed by atoms with E-state index >= 15 is 4.39 Å². The lowest BCUT2D eigenvalue weighted by atomic mass is 9.94. The number of aryl methyl sites for hydroxylation is 1. The zero-order chi connectivity index (χ0) is 18.6. The number of hydrogen-bond acceptors (Lipinski definition) is 4. The molecular formula is C19H21FN2O4. The highest BCUT2D eigenvalue weighted by atomic mass is 19.1. The van der Waals surface area contributed by atoms with Crippen LogP contribution in [0.4, 0.5) is 10.1 Å². The lowest BCUT2D eigenvalue weighted by Crippen LogP contribution is -2.37. The maximum absolute atomic E-state index is 15.3. The van der Waals surface area contributed by atoms with E-state index in [4.69, 9.17) is 0 Å². The van der Waals surface area contributed by atoms with Crippen LogP contribution in [-0.2, 0) is 6.42 Å². The van der Waals surface area contributed by atoms with E-state index < -0.39 is 11.4 Å². The van der Waals surface area contributed by atoms with Crippen molar-refractivity contribution in [2.75, 3.05) is 18.0 Å². The van der Waals surface area contributed by atoms with Gasteiger partial charge in [-0.25, -0.2) is 9.18 Å². The lowest BCUT2D eigenvalue weighted by molar-refractivity contribution is 0.0694. The molecule has 2 N–H and O–H groups in total. The molecule has 1 saturated heterocycles. The molecule has 2 aromatic rings. The molecule has 4 rings (SSSR count). The van der Waals surface area contributed by atoms with Gasteiger partial charge in [0.1, 0.15) is 5.56 Å². The molecule has 7 heteroatoms. The second-order valence-electron chi connectivity index (χ2n) is 7.27. The molecule has 2 aliphatic heterocycles. The van der Waals surface area contributed by atoms with E-state index in [9.17, 15) is 19.8 Å². The molecule has 0 radical (unpaired) electrons. The van der Waals surface area contributed by atoms with Crippen molar-refractivity contribution in [2.24, 2.45) is 0 Å². The fourth-order valence-electron chi connectivity index (χ4n) is 4.12. The van der Waals surface area contributed by atoms with Gasteiger partial charge in [0.25, 0.3) is 0 Å². The summed E-state index contributed by atoms with van der Waals surface area (Å²) >= 11 is 0. The first-order valence-corrected chi connectivity index (χ1v) is 8.95. The SMILES string of the molecule is CC1CCc2c(F)c(N3CCC(O)CC3)cc3c(=O)c(C(=O)O)cn1c23. The van der Waals surface area contributed by atoms with Crippen molar-refractivity contribution in [3.8, 4) is 0 Å². The number of piperidine rings is 1. The monoisotopic (exact) mass is 360 g/mol. The van der Waals surface area contributed by atoms with Gasteiger partial charge in [-0.2, -0.15) is 0 Å². The Labute approximate surface area is 149 Å². The number of carboxylic acid groups (broad SMARTS) is 1. The average molecular weight is 360 g/mol. The summed E-state index contributed by atoms with van der Waals surface area (Å²) in [6, 6.07) is 1.49. The molecule has 1 fully saturated rings. The summed E-state index contributed by atoms with van der Waals surface area (Å²) in [6.45, 7) is 2.95. The van der Waals surface area contributed by atoms with Crippen molar-refractivity contribution in [3.63, 3.8) is 0 Å². The van der Waals surface area contributed by atoms with Gasteiger partial charge < -0.3 is 19.7 Å². The molecule has 26 heavy (non-hydrogen) atoms. The van der Waals surface area contributed by atoms with Crippen molar-refractivity contribution in [1.29, 1.82) is 0 Å². The number of carboxylic acids is 1. The molecule has 3 heterocycles. The summed E-state index contributed by atoms with van der Waals surface area (Å²) < 4.78 is 17.0. The largest absolute Gasteiger partial charge is 0.477 e. The van der Waals surface area contributed by atoms with Gasteiger partial charge in [0.2, 0.25) is 5.43 Å². The van der Waals surface area contributed by atoms with Crippen molar-refractivity contribution in [1.82, 2.24) is 4.57 Å². The van der Waals surface area contributed by atoms with Crippen LogP contribution >= 0.6 is 0 Å². The molecule has 1 aromatic heterocycles. The third kappa shape index (κ3) is 2.49. The number of nitrogens with zero attached hydrogens (tertiary/aromatic N) is 2. The molecule has 0 amide bonds. The van der Waals surface area contributed by atoms with Crippen LogP contribution in [0.25, 0.3) is 10.9 Å². The van der Waals surface area contributed by atoms with E-state index in [0.717, 1.165) is 0 Å². The summed E-state index contributed by atoms with van der Waals surface area (Å²) in [5.41, 5.74) is 0.467. The fourth-order valence-corrected chi connectivity index (χ4v) is 4.12. The molecule has 138 valence electrons. The Hall–Kier alpha value is -2.41. The van der Waals surface area contributed by atoms with Gasteiger partial charge in [0, 0.05) is 36.3 Å². The highest BCUT2D eigenvalue weighted by Crippen LogP contribution is 2.36. The number of aromatic nitrogens is 1. The highest BCUT2D eigenvalue weighted by Gasteiger charge is 2.29. The van der Waals surface area contributed by atoms with E-state index in [1.165, 1.54) is 12.3 Å². The molecule has 0 saturated carbocycles. The third-order valence-electron chi connectivity index (χ3n) is 5.65. The summed E-state index contributed by atoms with van der Waals surface area (Å²) in [7, 11) is 0. The van der Waals surface area contributed by atoms with Crippen molar-refractivity contribution < 1.29 is 19.4 Å².